The average molecular weight is 907 g/mol. The molecule has 2 aliphatic heterocycles. The minimum absolute atomic E-state index is 0.0248. The quantitative estimate of drug-likeness (QED) is 0.0753. The zero-order chi connectivity index (χ0) is 46.9. The van der Waals surface area contributed by atoms with Crippen LogP contribution in [0.5, 0.6) is 69.0 Å². The van der Waals surface area contributed by atoms with E-state index in [4.69, 9.17) is 9.47 Å². The molecule has 0 aromatic heterocycles. The van der Waals surface area contributed by atoms with Gasteiger partial charge in [-0.1, -0.05) is 48.5 Å². The Morgan fingerprint density at radius 3 is 0.853 bits per heavy atom. The molecule has 0 amide bonds. The Kier molecular flexibility index (Phi) is 8.97. The van der Waals surface area contributed by atoms with E-state index in [-0.39, 0.29) is 57.5 Å². The van der Waals surface area contributed by atoms with Crippen LogP contribution in [-0.4, -0.2) is 51.1 Å². The summed E-state index contributed by atoms with van der Waals surface area (Å²) in [5.74, 6) is -4.13. The minimum Gasteiger partial charge on any atom is -0.508 e. The second-order valence-electron chi connectivity index (χ2n) is 18.2. The Hall–Kier alpha value is -8.64. The molecule has 12 heteroatoms. The monoisotopic (exact) mass is 906 g/mol. The molecule has 0 saturated carbocycles. The van der Waals surface area contributed by atoms with Gasteiger partial charge in [0, 0.05) is 70.2 Å². The van der Waals surface area contributed by atoms with Gasteiger partial charge in [-0.2, -0.15) is 0 Å². The van der Waals surface area contributed by atoms with Gasteiger partial charge in [0.05, 0.1) is 11.8 Å². The summed E-state index contributed by atoms with van der Waals surface area (Å²) in [5.41, 5.74) is 7.62. The second kappa shape index (κ2) is 14.9. The molecule has 8 aromatic rings. The largest absolute Gasteiger partial charge is 0.508 e. The fourth-order valence-corrected chi connectivity index (χ4v) is 12.0. The SMILES string of the molecule is Oc1ccc([C@@H]2c3c(O)cc4c(c3[C@H]3[C@H](c5ccc(O)cc5)c5c(O)cc6c(c5[C@@H]23)[C@H](c2cc(O)cc(O)c2)[C@@H](c2ccc(O)cc2)O6)[C@@H](c2cc(O)cc(O)c2)[C@H](c2ccc(O)cc2)O4)cc1. The molecule has 12 rings (SSSR count). The molecule has 8 aromatic carbocycles. The van der Waals surface area contributed by atoms with E-state index < -0.39 is 47.7 Å². The van der Waals surface area contributed by atoms with Crippen molar-refractivity contribution in [1.82, 2.24) is 0 Å². The zero-order valence-electron chi connectivity index (χ0n) is 35.8. The van der Waals surface area contributed by atoms with Crippen LogP contribution in [-0.2, 0) is 0 Å². The third-order valence-corrected chi connectivity index (χ3v) is 14.4. The van der Waals surface area contributed by atoms with Crippen molar-refractivity contribution in [3.05, 3.63) is 212 Å². The van der Waals surface area contributed by atoms with Crippen molar-refractivity contribution in [1.29, 1.82) is 0 Å². The fourth-order valence-electron chi connectivity index (χ4n) is 12.0. The van der Waals surface area contributed by atoms with E-state index in [1.165, 1.54) is 12.1 Å². The van der Waals surface area contributed by atoms with E-state index in [1.54, 1.807) is 133 Å². The first kappa shape index (κ1) is 40.8. The van der Waals surface area contributed by atoms with Gasteiger partial charge in [-0.25, -0.2) is 0 Å². The molecule has 0 saturated heterocycles. The molecule has 0 fully saturated rings. The molecule has 0 radical (unpaired) electrons. The molecule has 2 aliphatic carbocycles. The number of benzene rings is 8. The Labute approximate surface area is 388 Å². The lowest BCUT2D eigenvalue weighted by atomic mass is 9.74. The van der Waals surface area contributed by atoms with E-state index in [0.29, 0.717) is 67.1 Å². The van der Waals surface area contributed by atoms with Crippen LogP contribution in [0.15, 0.2) is 146 Å². The lowest BCUT2D eigenvalue weighted by Gasteiger charge is -2.27. The predicted octanol–water partition coefficient (Wildman–Crippen LogP) is 10.4. The highest BCUT2D eigenvalue weighted by Gasteiger charge is 2.59. The van der Waals surface area contributed by atoms with E-state index >= 15 is 0 Å². The van der Waals surface area contributed by atoms with Crippen LogP contribution in [0.2, 0.25) is 0 Å². The van der Waals surface area contributed by atoms with Crippen LogP contribution in [0.4, 0.5) is 0 Å². The predicted molar refractivity (Wildman–Crippen MR) is 248 cm³/mol. The van der Waals surface area contributed by atoms with Crippen LogP contribution in [0.1, 0.15) is 114 Å². The molecule has 0 bridgehead atoms. The molecule has 0 unspecified atom stereocenters. The highest BCUT2D eigenvalue weighted by Crippen LogP contribution is 2.74. The first-order chi connectivity index (χ1) is 32.8. The molecular weight excluding hydrogens is 865 g/mol. The number of ether oxygens (including phenoxy) is 2. The molecular formula is C56H42O12. The summed E-state index contributed by atoms with van der Waals surface area (Å²) in [4.78, 5) is 0. The second-order valence-corrected chi connectivity index (χ2v) is 18.2. The van der Waals surface area contributed by atoms with Crippen molar-refractivity contribution in [2.75, 3.05) is 0 Å². The fraction of sp³-hybridized carbons (Fsp3) is 0.143. The van der Waals surface area contributed by atoms with Gasteiger partial charge in [0.1, 0.15) is 81.2 Å². The maximum absolute atomic E-state index is 12.6. The van der Waals surface area contributed by atoms with E-state index in [9.17, 15) is 51.1 Å². The molecule has 10 N–H and O–H groups in total. The van der Waals surface area contributed by atoms with Gasteiger partial charge in [0.2, 0.25) is 0 Å². The van der Waals surface area contributed by atoms with Gasteiger partial charge >= 0.3 is 0 Å². The van der Waals surface area contributed by atoms with Crippen molar-refractivity contribution >= 4 is 0 Å². The summed E-state index contributed by atoms with van der Waals surface area (Å²) >= 11 is 0. The molecule has 12 nitrogen and oxygen atoms in total. The van der Waals surface area contributed by atoms with Crippen LogP contribution >= 0.6 is 0 Å². The van der Waals surface area contributed by atoms with E-state index in [2.05, 4.69) is 0 Å². The standard InChI is InChI=1S/C56H42O12/c57-31-9-1-25(2-10-31)43-47-39(65)23-41-49(45(29-17-35(61)21-36(62)18-29)55(67-41)27-5-13-33(59)14-6-27)53(47)52-44(26-3-11-32(58)12-4-26)48-40(66)24-42-50(54(48)51(43)52)46(30-19-37(63)22-38(64)20-30)56(68-42)28-7-15-34(60)16-8-28/h1-24,43-46,51-52,55-66H/t43-,44-,45-,46+,51+,52+,55+,56-/m1/s1. The first-order valence-corrected chi connectivity index (χ1v) is 22.2. The van der Waals surface area contributed by atoms with Crippen molar-refractivity contribution in [2.24, 2.45) is 0 Å². The van der Waals surface area contributed by atoms with Crippen molar-refractivity contribution in [2.45, 2.75) is 47.7 Å². The van der Waals surface area contributed by atoms with Crippen molar-refractivity contribution in [3.8, 4) is 69.0 Å². The molecule has 4 aliphatic rings. The number of phenols is 10. The molecule has 8 atom stereocenters. The van der Waals surface area contributed by atoms with Gasteiger partial charge in [-0.15, -0.1) is 0 Å². The topological polar surface area (TPSA) is 221 Å². The van der Waals surface area contributed by atoms with Gasteiger partial charge in [-0.05, 0) is 117 Å². The van der Waals surface area contributed by atoms with Crippen LogP contribution in [0.25, 0.3) is 0 Å². The minimum atomic E-state index is -0.792. The number of hydrogen-bond acceptors (Lipinski definition) is 12. The third kappa shape index (κ3) is 6.20. The van der Waals surface area contributed by atoms with Crippen LogP contribution in [0, 0.1) is 0 Å². The number of aromatic hydroxyl groups is 10. The average Bonchev–Trinajstić information content (AvgIpc) is 4.05. The van der Waals surface area contributed by atoms with E-state index in [1.807, 2.05) is 0 Å². The number of phenolic OH excluding ortho intramolecular Hbond substituents is 10. The Bertz CT molecular complexity index is 3070. The van der Waals surface area contributed by atoms with E-state index in [0.717, 1.165) is 11.1 Å². The number of rotatable bonds is 6. The number of fused-ring (bicyclic) bond motifs is 9. The Balaban J connectivity index is 1.19. The Morgan fingerprint density at radius 2 is 0.544 bits per heavy atom. The summed E-state index contributed by atoms with van der Waals surface area (Å²) in [5, 5.41) is 111. The maximum atomic E-state index is 12.6. The van der Waals surface area contributed by atoms with Gasteiger partial charge < -0.3 is 60.5 Å². The van der Waals surface area contributed by atoms with Crippen LogP contribution in [0.3, 0.4) is 0 Å². The number of hydrogen-bond donors (Lipinski definition) is 10. The third-order valence-electron chi connectivity index (χ3n) is 14.4. The lowest BCUT2D eigenvalue weighted by Crippen LogP contribution is -2.15. The van der Waals surface area contributed by atoms with Gasteiger partial charge in [-0.3, -0.25) is 0 Å². The normalized spacial score (nSPS) is 22.6. The Morgan fingerprint density at radius 1 is 0.250 bits per heavy atom. The molecule has 68 heavy (non-hydrogen) atoms. The summed E-state index contributed by atoms with van der Waals surface area (Å²) < 4.78 is 13.8. The molecule has 0 spiro atoms. The maximum Gasteiger partial charge on any atom is 0.135 e. The van der Waals surface area contributed by atoms with Crippen molar-refractivity contribution < 1.29 is 60.5 Å². The highest BCUT2D eigenvalue weighted by molar-refractivity contribution is 5.75. The lowest BCUT2D eigenvalue weighted by molar-refractivity contribution is 0.221. The smallest absolute Gasteiger partial charge is 0.135 e. The summed E-state index contributed by atoms with van der Waals surface area (Å²) in [6, 6.07) is 38.6. The zero-order valence-corrected chi connectivity index (χ0v) is 35.8. The summed E-state index contributed by atoms with van der Waals surface area (Å²) in [6.45, 7) is 0. The highest BCUT2D eigenvalue weighted by atomic mass is 16.5. The van der Waals surface area contributed by atoms with Gasteiger partial charge in [0.15, 0.2) is 0 Å². The summed E-state index contributed by atoms with van der Waals surface area (Å²) in [7, 11) is 0. The molecule has 338 valence electrons. The van der Waals surface area contributed by atoms with Crippen molar-refractivity contribution in [3.63, 3.8) is 0 Å². The van der Waals surface area contributed by atoms with Crippen LogP contribution < -0.4 is 9.47 Å². The molecule has 2 heterocycles. The summed E-state index contributed by atoms with van der Waals surface area (Å²) in [6.07, 6.45) is -1.58. The van der Waals surface area contributed by atoms with Gasteiger partial charge in [0.25, 0.3) is 0 Å². The first-order valence-electron chi connectivity index (χ1n) is 22.2.